The fourth-order valence-electron chi connectivity index (χ4n) is 3.18. The van der Waals surface area contributed by atoms with E-state index in [4.69, 9.17) is 32.9 Å². The zero-order chi connectivity index (χ0) is 23.1. The molecule has 1 saturated heterocycles. The number of nitrogens with one attached hydrogen (secondary N) is 1. The van der Waals surface area contributed by atoms with Gasteiger partial charge in [-0.2, -0.15) is 0 Å². The highest BCUT2D eigenvalue weighted by Gasteiger charge is 2.39. The quantitative estimate of drug-likeness (QED) is 0.455. The largest absolute Gasteiger partial charge is 0.382 e. The Hall–Kier alpha value is -2.06. The first-order chi connectivity index (χ1) is 15.4. The van der Waals surface area contributed by atoms with Gasteiger partial charge >= 0.3 is 0 Å². The molecule has 1 aliphatic heterocycles. The second-order valence-electron chi connectivity index (χ2n) is 7.23. The van der Waals surface area contributed by atoms with E-state index in [1.165, 1.54) is 11.8 Å². The van der Waals surface area contributed by atoms with Gasteiger partial charge in [-0.25, -0.2) is 4.99 Å². The number of amidine groups is 1. The fourth-order valence-corrected chi connectivity index (χ4v) is 4.71. The predicted molar refractivity (Wildman–Crippen MR) is 132 cm³/mol. The molecule has 2 aromatic rings. The summed E-state index contributed by atoms with van der Waals surface area (Å²) in [6.07, 6.45) is 0.686. The number of carbonyl (C=O) groups excluding carboxylic acids is 2. The topological polar surface area (TPSA) is 71.0 Å². The molecule has 170 valence electrons. The Labute approximate surface area is 202 Å². The molecular formula is C23H25Cl2N3O3S. The lowest BCUT2D eigenvalue weighted by atomic mass is 10.2. The van der Waals surface area contributed by atoms with Gasteiger partial charge in [0, 0.05) is 26.2 Å². The van der Waals surface area contributed by atoms with Crippen LogP contribution in [0.5, 0.6) is 0 Å². The van der Waals surface area contributed by atoms with Crippen LogP contribution in [0.2, 0.25) is 10.0 Å². The van der Waals surface area contributed by atoms with Crippen molar-refractivity contribution in [2.75, 3.05) is 25.1 Å². The van der Waals surface area contributed by atoms with E-state index in [-0.39, 0.29) is 23.3 Å². The maximum atomic E-state index is 13.1. The van der Waals surface area contributed by atoms with Crippen LogP contribution in [0.25, 0.3) is 0 Å². The van der Waals surface area contributed by atoms with Crippen molar-refractivity contribution < 1.29 is 14.3 Å². The van der Waals surface area contributed by atoms with Crippen LogP contribution in [0.4, 0.5) is 11.4 Å². The Bertz CT molecular complexity index is 1020. The molecule has 0 spiro atoms. The normalized spacial score (nSPS) is 17.2. The minimum Gasteiger partial charge on any atom is -0.382 e. The van der Waals surface area contributed by atoms with Crippen molar-refractivity contribution in [3.63, 3.8) is 0 Å². The molecule has 0 radical (unpaired) electrons. The second-order valence-corrected chi connectivity index (χ2v) is 9.19. The van der Waals surface area contributed by atoms with Crippen molar-refractivity contribution in [1.29, 1.82) is 0 Å². The minimum absolute atomic E-state index is 0.00113. The van der Waals surface area contributed by atoms with Crippen molar-refractivity contribution >= 4 is 63.3 Å². The third kappa shape index (κ3) is 6.48. The average Bonchev–Trinajstić information content (AvgIpc) is 3.03. The second kappa shape index (κ2) is 11.7. The van der Waals surface area contributed by atoms with Crippen molar-refractivity contribution in [3.8, 4) is 0 Å². The monoisotopic (exact) mass is 493 g/mol. The van der Waals surface area contributed by atoms with Gasteiger partial charge in [0.2, 0.25) is 11.8 Å². The van der Waals surface area contributed by atoms with Gasteiger partial charge in [-0.15, -0.1) is 0 Å². The van der Waals surface area contributed by atoms with Gasteiger partial charge in [-0.05, 0) is 50.1 Å². The van der Waals surface area contributed by atoms with Gasteiger partial charge in [0.25, 0.3) is 0 Å². The Kier molecular flexibility index (Phi) is 8.99. The highest BCUT2D eigenvalue weighted by atomic mass is 35.5. The molecule has 1 heterocycles. The van der Waals surface area contributed by atoms with E-state index in [1.807, 2.05) is 38.1 Å². The molecule has 9 heteroatoms. The summed E-state index contributed by atoms with van der Waals surface area (Å²) in [4.78, 5) is 32.1. The lowest BCUT2D eigenvalue weighted by molar-refractivity contribution is -0.128. The molecular weight excluding hydrogens is 469 g/mol. The number of ether oxygens (including phenoxy) is 1. The van der Waals surface area contributed by atoms with Crippen LogP contribution in [0.1, 0.15) is 25.3 Å². The minimum atomic E-state index is -0.566. The van der Waals surface area contributed by atoms with Crippen LogP contribution in [-0.4, -0.2) is 46.9 Å². The number of rotatable bonds is 9. The van der Waals surface area contributed by atoms with Crippen LogP contribution in [-0.2, 0) is 14.3 Å². The van der Waals surface area contributed by atoms with Crippen molar-refractivity contribution in [3.05, 3.63) is 58.1 Å². The molecule has 32 heavy (non-hydrogen) atoms. The number of thioether (sulfide) groups is 1. The Morgan fingerprint density at radius 3 is 2.78 bits per heavy atom. The standard InChI is InChI=1S/C23H25Cl2N3O3S/c1-3-31-12-6-11-28-22(30)19(32-23(28)26-16-8-4-7-15(2)13-16)14-20(29)27-18-10-5-9-17(24)21(18)25/h4-5,7-10,13,19H,3,6,11-12,14H2,1-2H3,(H,27,29). The molecule has 0 aromatic heterocycles. The molecule has 0 bridgehead atoms. The zero-order valence-corrected chi connectivity index (χ0v) is 20.3. The van der Waals surface area contributed by atoms with Gasteiger partial charge < -0.3 is 10.1 Å². The number of aryl methyl sites for hydroxylation is 1. The number of halogens is 2. The molecule has 2 aromatic carbocycles. The molecule has 1 fully saturated rings. The van der Waals surface area contributed by atoms with E-state index < -0.39 is 5.25 Å². The predicted octanol–water partition coefficient (Wildman–Crippen LogP) is 5.69. The summed E-state index contributed by atoms with van der Waals surface area (Å²) in [6.45, 7) is 5.59. The van der Waals surface area contributed by atoms with Gasteiger partial charge in [-0.1, -0.05) is 53.2 Å². The summed E-state index contributed by atoms with van der Waals surface area (Å²) < 4.78 is 5.40. The molecule has 1 N–H and O–H groups in total. The van der Waals surface area contributed by atoms with Crippen LogP contribution in [0, 0.1) is 6.92 Å². The van der Waals surface area contributed by atoms with Crippen molar-refractivity contribution in [1.82, 2.24) is 4.90 Å². The van der Waals surface area contributed by atoms with Crippen LogP contribution < -0.4 is 5.32 Å². The average molecular weight is 494 g/mol. The Morgan fingerprint density at radius 2 is 2.03 bits per heavy atom. The first kappa shape index (κ1) is 24.6. The molecule has 1 unspecified atom stereocenters. The summed E-state index contributed by atoms with van der Waals surface area (Å²) in [6, 6.07) is 12.8. The smallest absolute Gasteiger partial charge is 0.242 e. The molecule has 0 saturated carbocycles. The van der Waals surface area contributed by atoms with E-state index in [1.54, 1.807) is 23.1 Å². The maximum Gasteiger partial charge on any atom is 0.242 e. The van der Waals surface area contributed by atoms with E-state index in [0.29, 0.717) is 42.1 Å². The summed E-state index contributed by atoms with van der Waals surface area (Å²) in [5.41, 5.74) is 2.27. The van der Waals surface area contributed by atoms with Gasteiger partial charge in [0.1, 0.15) is 5.25 Å². The first-order valence-corrected chi connectivity index (χ1v) is 12.0. The molecule has 2 amide bonds. The number of carbonyl (C=O) groups is 2. The van der Waals surface area contributed by atoms with Crippen LogP contribution in [0.3, 0.4) is 0 Å². The molecule has 3 rings (SSSR count). The number of aliphatic imine (C=N–C) groups is 1. The number of amides is 2. The van der Waals surface area contributed by atoms with E-state index in [9.17, 15) is 9.59 Å². The number of anilines is 1. The maximum absolute atomic E-state index is 13.1. The molecule has 1 atom stereocenters. The van der Waals surface area contributed by atoms with Gasteiger partial charge in [-0.3, -0.25) is 14.5 Å². The molecule has 0 aliphatic carbocycles. The van der Waals surface area contributed by atoms with Crippen molar-refractivity contribution in [2.24, 2.45) is 4.99 Å². The summed E-state index contributed by atoms with van der Waals surface area (Å²) in [5, 5.41) is 3.39. The third-order valence-electron chi connectivity index (χ3n) is 4.72. The van der Waals surface area contributed by atoms with Crippen LogP contribution in [0.15, 0.2) is 47.5 Å². The zero-order valence-electron chi connectivity index (χ0n) is 17.9. The van der Waals surface area contributed by atoms with Crippen LogP contribution >= 0.6 is 35.0 Å². The van der Waals surface area contributed by atoms with Crippen molar-refractivity contribution in [2.45, 2.75) is 31.9 Å². The fraction of sp³-hybridized carbons (Fsp3) is 0.348. The highest BCUT2D eigenvalue weighted by Crippen LogP contribution is 2.33. The van der Waals surface area contributed by atoms with E-state index >= 15 is 0 Å². The van der Waals surface area contributed by atoms with Gasteiger partial charge in [0.05, 0.1) is 21.4 Å². The molecule has 1 aliphatic rings. The number of hydrogen-bond donors (Lipinski definition) is 1. The molecule has 6 nitrogen and oxygen atoms in total. The Morgan fingerprint density at radius 1 is 1.25 bits per heavy atom. The summed E-state index contributed by atoms with van der Waals surface area (Å²) in [7, 11) is 0. The highest BCUT2D eigenvalue weighted by molar-refractivity contribution is 8.15. The van der Waals surface area contributed by atoms with E-state index in [0.717, 1.165) is 11.3 Å². The SMILES string of the molecule is CCOCCCN1C(=O)C(CC(=O)Nc2cccc(Cl)c2Cl)SC1=Nc1cccc(C)c1. The summed E-state index contributed by atoms with van der Waals surface area (Å²) in [5.74, 6) is -0.448. The Balaban J connectivity index is 1.74. The van der Waals surface area contributed by atoms with E-state index in [2.05, 4.69) is 5.32 Å². The lowest BCUT2D eigenvalue weighted by Gasteiger charge is -2.16. The third-order valence-corrected chi connectivity index (χ3v) is 6.71. The lowest BCUT2D eigenvalue weighted by Crippen LogP contribution is -2.34. The number of benzene rings is 2. The first-order valence-electron chi connectivity index (χ1n) is 10.3. The van der Waals surface area contributed by atoms with Gasteiger partial charge in [0.15, 0.2) is 5.17 Å². The number of hydrogen-bond acceptors (Lipinski definition) is 5. The summed E-state index contributed by atoms with van der Waals surface area (Å²) >= 11 is 13.5. The number of nitrogens with zero attached hydrogens (tertiary/aromatic N) is 2.